The molecule has 3 heterocycles. The van der Waals surface area contributed by atoms with Crippen molar-refractivity contribution in [1.29, 1.82) is 0 Å². The van der Waals surface area contributed by atoms with E-state index >= 15 is 0 Å². The molecular formula is C18H13N3OS. The van der Waals surface area contributed by atoms with Crippen molar-refractivity contribution in [2.24, 2.45) is 0 Å². The highest BCUT2D eigenvalue weighted by molar-refractivity contribution is 7.10. The molecule has 5 heteroatoms. The molecule has 1 aliphatic rings. The number of carbonyl (C=O) groups excluding carboxylic acids is 1. The molecule has 0 N–H and O–H groups in total. The Morgan fingerprint density at radius 2 is 2.00 bits per heavy atom. The Balaban J connectivity index is 1.70. The maximum atomic E-state index is 12.6. The highest BCUT2D eigenvalue weighted by Crippen LogP contribution is 2.34. The van der Waals surface area contributed by atoms with E-state index in [1.54, 1.807) is 11.3 Å². The smallest absolute Gasteiger partial charge is 0.235 e. The van der Waals surface area contributed by atoms with Crippen molar-refractivity contribution in [3.05, 3.63) is 64.1 Å². The van der Waals surface area contributed by atoms with Gasteiger partial charge in [-0.2, -0.15) is 0 Å². The third-order valence-corrected chi connectivity index (χ3v) is 5.53. The van der Waals surface area contributed by atoms with Crippen molar-refractivity contribution in [2.75, 3.05) is 0 Å². The van der Waals surface area contributed by atoms with Gasteiger partial charge in [-0.15, -0.1) is 11.3 Å². The number of hydrogen-bond donors (Lipinski definition) is 0. The van der Waals surface area contributed by atoms with Crippen molar-refractivity contribution < 1.29 is 4.79 Å². The minimum atomic E-state index is 0.178. The van der Waals surface area contributed by atoms with E-state index in [4.69, 9.17) is 4.98 Å². The molecule has 3 aromatic heterocycles. The Bertz CT molecular complexity index is 1050. The highest BCUT2D eigenvalue weighted by Gasteiger charge is 2.29. The van der Waals surface area contributed by atoms with Crippen LogP contribution in [0.1, 0.15) is 33.3 Å². The molecule has 0 aliphatic heterocycles. The number of aromatic nitrogens is 3. The molecular weight excluding hydrogens is 306 g/mol. The van der Waals surface area contributed by atoms with Gasteiger partial charge in [-0.25, -0.2) is 9.97 Å². The first-order chi connectivity index (χ1) is 11.3. The summed E-state index contributed by atoms with van der Waals surface area (Å²) in [7, 11) is 0. The van der Waals surface area contributed by atoms with Crippen molar-refractivity contribution in [3.8, 4) is 0 Å². The largest absolute Gasteiger partial charge is 0.294 e. The van der Waals surface area contributed by atoms with Crippen molar-refractivity contribution in [2.45, 2.75) is 18.8 Å². The van der Waals surface area contributed by atoms with Crippen LogP contribution in [0.2, 0.25) is 0 Å². The number of nitrogens with zero attached hydrogens (tertiary/aromatic N) is 3. The van der Waals surface area contributed by atoms with Gasteiger partial charge in [0.05, 0.1) is 22.3 Å². The van der Waals surface area contributed by atoms with E-state index in [1.165, 1.54) is 4.88 Å². The number of hydrogen-bond acceptors (Lipinski definition) is 4. The molecule has 4 aromatic rings. The molecule has 23 heavy (non-hydrogen) atoms. The Labute approximate surface area is 136 Å². The van der Waals surface area contributed by atoms with E-state index in [0.717, 1.165) is 28.7 Å². The zero-order valence-corrected chi connectivity index (χ0v) is 13.1. The average molecular weight is 319 g/mol. The van der Waals surface area contributed by atoms with E-state index in [9.17, 15) is 4.79 Å². The zero-order chi connectivity index (χ0) is 15.4. The van der Waals surface area contributed by atoms with Crippen molar-refractivity contribution in [3.63, 3.8) is 0 Å². The number of benzene rings is 1. The SMILES string of the molecule is O=C1CC(c2cccs2)Cc2nc3nc4ccccc4n3cc21. The summed E-state index contributed by atoms with van der Waals surface area (Å²) in [6.07, 6.45) is 3.29. The maximum absolute atomic E-state index is 12.6. The second-order valence-electron chi connectivity index (χ2n) is 5.92. The molecule has 0 saturated carbocycles. The van der Waals surface area contributed by atoms with Gasteiger partial charge in [-0.1, -0.05) is 18.2 Å². The van der Waals surface area contributed by atoms with Crippen LogP contribution in [0.15, 0.2) is 48.0 Å². The van der Waals surface area contributed by atoms with Gasteiger partial charge in [0.1, 0.15) is 0 Å². The molecule has 0 bridgehead atoms. The second-order valence-corrected chi connectivity index (χ2v) is 6.89. The Morgan fingerprint density at radius 3 is 2.87 bits per heavy atom. The van der Waals surface area contributed by atoms with Crippen LogP contribution in [0.25, 0.3) is 16.8 Å². The van der Waals surface area contributed by atoms with Crippen LogP contribution in [0.3, 0.4) is 0 Å². The van der Waals surface area contributed by atoms with Gasteiger partial charge in [-0.3, -0.25) is 9.20 Å². The van der Waals surface area contributed by atoms with Gasteiger partial charge in [0, 0.05) is 23.4 Å². The lowest BCUT2D eigenvalue weighted by Crippen LogP contribution is -2.20. The molecule has 1 aliphatic carbocycles. The summed E-state index contributed by atoms with van der Waals surface area (Å²) < 4.78 is 1.93. The van der Waals surface area contributed by atoms with Gasteiger partial charge >= 0.3 is 0 Å². The topological polar surface area (TPSA) is 47.3 Å². The van der Waals surface area contributed by atoms with Crippen LogP contribution < -0.4 is 0 Å². The summed E-state index contributed by atoms with van der Waals surface area (Å²) >= 11 is 1.71. The third-order valence-electron chi connectivity index (χ3n) is 4.50. The second kappa shape index (κ2) is 4.73. The van der Waals surface area contributed by atoms with Crippen LogP contribution in [0, 0.1) is 0 Å². The number of thiophene rings is 1. The maximum Gasteiger partial charge on any atom is 0.235 e. The number of carbonyl (C=O) groups is 1. The highest BCUT2D eigenvalue weighted by atomic mass is 32.1. The average Bonchev–Trinajstić information content (AvgIpc) is 3.20. The Hall–Kier alpha value is -2.53. The van der Waals surface area contributed by atoms with Gasteiger partial charge in [0.25, 0.3) is 0 Å². The van der Waals surface area contributed by atoms with E-state index in [-0.39, 0.29) is 11.7 Å². The van der Waals surface area contributed by atoms with Gasteiger partial charge in [0.2, 0.25) is 5.78 Å². The summed E-state index contributed by atoms with van der Waals surface area (Å²) in [5.74, 6) is 1.09. The molecule has 0 radical (unpaired) electrons. The number of imidazole rings is 1. The molecule has 0 amide bonds. The molecule has 1 unspecified atom stereocenters. The van der Waals surface area contributed by atoms with E-state index in [2.05, 4.69) is 16.4 Å². The third kappa shape index (κ3) is 1.93. The van der Waals surface area contributed by atoms with Gasteiger partial charge in [-0.05, 0) is 30.0 Å². The molecule has 0 fully saturated rings. The van der Waals surface area contributed by atoms with E-state index < -0.39 is 0 Å². The molecule has 1 atom stereocenters. The summed E-state index contributed by atoms with van der Waals surface area (Å²) in [5, 5.41) is 2.06. The van der Waals surface area contributed by atoms with Crippen LogP contribution in [-0.4, -0.2) is 20.2 Å². The fourth-order valence-corrected chi connectivity index (χ4v) is 4.21. The molecule has 0 spiro atoms. The van der Waals surface area contributed by atoms with E-state index in [1.807, 2.05) is 40.9 Å². The molecule has 1 aromatic carbocycles. The predicted octanol–water partition coefficient (Wildman–Crippen LogP) is 3.86. The van der Waals surface area contributed by atoms with Crippen LogP contribution in [0.5, 0.6) is 0 Å². The standard InChI is InChI=1S/C18H13N3OS/c22-16-9-11(17-6-3-7-23-17)8-14-12(16)10-21-15-5-2-1-4-13(15)19-18(21)20-14/h1-7,10-11H,8-9H2. The summed E-state index contributed by atoms with van der Waals surface area (Å²) in [6, 6.07) is 12.1. The summed E-state index contributed by atoms with van der Waals surface area (Å²) in [4.78, 5) is 23.2. The van der Waals surface area contributed by atoms with E-state index in [0.29, 0.717) is 12.2 Å². The molecule has 5 rings (SSSR count). The normalized spacial score (nSPS) is 17.7. The first-order valence-electron chi connectivity index (χ1n) is 7.63. The number of para-hydroxylation sites is 2. The monoisotopic (exact) mass is 319 g/mol. The molecule has 0 saturated heterocycles. The van der Waals surface area contributed by atoms with Crippen LogP contribution in [-0.2, 0) is 6.42 Å². The van der Waals surface area contributed by atoms with Gasteiger partial charge in [0.15, 0.2) is 5.78 Å². The Kier molecular flexibility index (Phi) is 2.67. The van der Waals surface area contributed by atoms with Crippen molar-refractivity contribution in [1.82, 2.24) is 14.4 Å². The molecule has 4 nitrogen and oxygen atoms in total. The van der Waals surface area contributed by atoms with Gasteiger partial charge < -0.3 is 0 Å². The first-order valence-corrected chi connectivity index (χ1v) is 8.51. The minimum absolute atomic E-state index is 0.178. The fourth-order valence-electron chi connectivity index (χ4n) is 3.38. The Morgan fingerprint density at radius 1 is 1.09 bits per heavy atom. The predicted molar refractivity (Wildman–Crippen MR) is 90.2 cm³/mol. The lowest BCUT2D eigenvalue weighted by Gasteiger charge is -2.21. The van der Waals surface area contributed by atoms with Crippen LogP contribution in [0.4, 0.5) is 0 Å². The number of fused-ring (bicyclic) bond motifs is 4. The minimum Gasteiger partial charge on any atom is -0.294 e. The molecule has 112 valence electrons. The quantitative estimate of drug-likeness (QED) is 0.535. The zero-order valence-electron chi connectivity index (χ0n) is 12.3. The lowest BCUT2D eigenvalue weighted by molar-refractivity contribution is 0.0963. The summed E-state index contributed by atoms with van der Waals surface area (Å²) in [5.41, 5.74) is 3.52. The lowest BCUT2D eigenvalue weighted by atomic mass is 9.85. The first kappa shape index (κ1) is 13.0. The van der Waals surface area contributed by atoms with Crippen molar-refractivity contribution >= 4 is 33.9 Å². The number of ketones is 1. The summed E-state index contributed by atoms with van der Waals surface area (Å²) in [6.45, 7) is 0. The number of Topliss-reactive ketones (excluding diaryl/α,β-unsaturated/α-hetero) is 1. The van der Waals surface area contributed by atoms with Crippen LogP contribution >= 0.6 is 11.3 Å². The number of rotatable bonds is 1. The fraction of sp³-hybridized carbons (Fsp3) is 0.167.